The maximum atomic E-state index is 13.4. The molecule has 0 spiro atoms. The number of rotatable bonds is 3. The van der Waals surface area contributed by atoms with Crippen molar-refractivity contribution in [3.05, 3.63) is 59.3 Å². The molecule has 0 saturated heterocycles. The Morgan fingerprint density at radius 1 is 1.39 bits per heavy atom. The van der Waals surface area contributed by atoms with Gasteiger partial charge in [-0.15, -0.1) is 0 Å². The molecule has 1 heterocycles. The number of furan rings is 1. The Hall–Kier alpha value is -2.10. The molecule has 1 aromatic carbocycles. The molecule has 1 unspecified atom stereocenters. The van der Waals surface area contributed by atoms with Crippen LogP contribution >= 0.6 is 0 Å². The van der Waals surface area contributed by atoms with E-state index >= 15 is 0 Å². The van der Waals surface area contributed by atoms with Crippen molar-refractivity contribution in [3.8, 4) is 0 Å². The smallest absolute Gasteiger partial charge is 0.287 e. The van der Waals surface area contributed by atoms with Crippen molar-refractivity contribution in [2.45, 2.75) is 19.9 Å². The predicted octanol–water partition coefficient (Wildman–Crippen LogP) is 3.22. The highest BCUT2D eigenvalue weighted by Crippen LogP contribution is 2.16. The van der Waals surface area contributed by atoms with Gasteiger partial charge in [0.25, 0.3) is 5.91 Å². The molecule has 2 aromatic rings. The number of aryl methyl sites for hydroxylation is 1. The minimum absolute atomic E-state index is 0.245. The van der Waals surface area contributed by atoms with Gasteiger partial charge in [0.1, 0.15) is 5.82 Å². The third-order valence-electron chi connectivity index (χ3n) is 2.79. The van der Waals surface area contributed by atoms with Gasteiger partial charge in [-0.2, -0.15) is 0 Å². The zero-order valence-electron chi connectivity index (χ0n) is 10.2. The van der Waals surface area contributed by atoms with Crippen LogP contribution in [0.4, 0.5) is 4.39 Å². The molecule has 1 atom stereocenters. The summed E-state index contributed by atoms with van der Waals surface area (Å²) in [6, 6.07) is 7.87. The summed E-state index contributed by atoms with van der Waals surface area (Å²) in [7, 11) is 0. The maximum Gasteiger partial charge on any atom is 0.287 e. The second-order valence-electron chi connectivity index (χ2n) is 4.18. The van der Waals surface area contributed by atoms with E-state index in [0.717, 1.165) is 5.56 Å². The molecule has 0 bridgehead atoms. The number of hydrogen-bond donors (Lipinski definition) is 1. The van der Waals surface area contributed by atoms with Crippen molar-refractivity contribution < 1.29 is 13.6 Å². The summed E-state index contributed by atoms with van der Waals surface area (Å²) in [5, 5.41) is 2.75. The van der Waals surface area contributed by atoms with Gasteiger partial charge in [0.2, 0.25) is 0 Å². The highest BCUT2D eigenvalue weighted by atomic mass is 19.1. The zero-order chi connectivity index (χ0) is 13.1. The second-order valence-corrected chi connectivity index (χ2v) is 4.18. The number of amides is 1. The first-order chi connectivity index (χ1) is 8.58. The fourth-order valence-electron chi connectivity index (χ4n) is 1.64. The second kappa shape index (κ2) is 5.04. The molecule has 0 aliphatic carbocycles. The molecular weight excluding hydrogens is 233 g/mol. The van der Waals surface area contributed by atoms with Gasteiger partial charge in [0.15, 0.2) is 5.76 Å². The number of carbonyl (C=O) groups is 1. The molecule has 0 aliphatic rings. The summed E-state index contributed by atoms with van der Waals surface area (Å²) >= 11 is 0. The SMILES string of the molecule is Cc1ccc(C(C)NC(=O)c2ccco2)cc1F. The zero-order valence-corrected chi connectivity index (χ0v) is 10.2. The molecule has 0 saturated carbocycles. The summed E-state index contributed by atoms with van der Waals surface area (Å²) in [5.41, 5.74) is 1.31. The van der Waals surface area contributed by atoms with Crippen molar-refractivity contribution in [1.82, 2.24) is 5.32 Å². The Balaban J connectivity index is 2.10. The fraction of sp³-hybridized carbons (Fsp3) is 0.214. The van der Waals surface area contributed by atoms with Crippen LogP contribution < -0.4 is 5.32 Å². The van der Waals surface area contributed by atoms with E-state index in [2.05, 4.69) is 5.32 Å². The molecular formula is C14H14FNO2. The van der Waals surface area contributed by atoms with Crippen LogP contribution in [0, 0.1) is 12.7 Å². The average molecular weight is 247 g/mol. The molecule has 1 aromatic heterocycles. The van der Waals surface area contributed by atoms with Crippen molar-refractivity contribution in [2.24, 2.45) is 0 Å². The van der Waals surface area contributed by atoms with Gasteiger partial charge < -0.3 is 9.73 Å². The fourth-order valence-corrected chi connectivity index (χ4v) is 1.64. The summed E-state index contributed by atoms with van der Waals surface area (Å²) < 4.78 is 18.4. The normalized spacial score (nSPS) is 12.2. The molecule has 0 aliphatic heterocycles. The van der Waals surface area contributed by atoms with E-state index in [0.29, 0.717) is 5.56 Å². The van der Waals surface area contributed by atoms with E-state index in [1.165, 1.54) is 12.3 Å². The number of carbonyl (C=O) groups excluding carboxylic acids is 1. The van der Waals surface area contributed by atoms with Gasteiger partial charge in [0.05, 0.1) is 12.3 Å². The summed E-state index contributed by atoms with van der Waals surface area (Å²) in [5.74, 6) is -0.338. The third kappa shape index (κ3) is 2.59. The molecule has 1 amide bonds. The van der Waals surface area contributed by atoms with E-state index in [4.69, 9.17) is 4.42 Å². The highest BCUT2D eigenvalue weighted by molar-refractivity contribution is 5.91. The topological polar surface area (TPSA) is 42.2 Å². The van der Waals surface area contributed by atoms with Crippen LogP contribution in [-0.4, -0.2) is 5.91 Å². The lowest BCUT2D eigenvalue weighted by molar-refractivity contribution is 0.0912. The quantitative estimate of drug-likeness (QED) is 0.904. The Labute approximate surface area is 105 Å². The number of benzene rings is 1. The van der Waals surface area contributed by atoms with Gasteiger partial charge in [-0.05, 0) is 43.2 Å². The van der Waals surface area contributed by atoms with Gasteiger partial charge >= 0.3 is 0 Å². The Bertz CT molecular complexity index is 549. The first kappa shape index (κ1) is 12.4. The van der Waals surface area contributed by atoms with E-state index in [1.807, 2.05) is 0 Å². The molecule has 18 heavy (non-hydrogen) atoms. The van der Waals surface area contributed by atoms with E-state index in [-0.39, 0.29) is 23.5 Å². The molecule has 2 rings (SSSR count). The van der Waals surface area contributed by atoms with Gasteiger partial charge in [-0.3, -0.25) is 4.79 Å². The lowest BCUT2D eigenvalue weighted by atomic mass is 10.1. The molecule has 0 fully saturated rings. The van der Waals surface area contributed by atoms with Crippen LogP contribution in [0.25, 0.3) is 0 Å². The van der Waals surface area contributed by atoms with Gasteiger partial charge in [-0.25, -0.2) is 4.39 Å². The lowest BCUT2D eigenvalue weighted by Crippen LogP contribution is -2.26. The van der Waals surface area contributed by atoms with Crippen molar-refractivity contribution in [2.75, 3.05) is 0 Å². The third-order valence-corrected chi connectivity index (χ3v) is 2.79. The number of halogens is 1. The minimum atomic E-state index is -0.312. The van der Waals surface area contributed by atoms with Crippen molar-refractivity contribution in [1.29, 1.82) is 0 Å². The largest absolute Gasteiger partial charge is 0.459 e. The van der Waals surface area contributed by atoms with Crippen LogP contribution in [0.5, 0.6) is 0 Å². The summed E-state index contributed by atoms with van der Waals surface area (Å²) in [4.78, 5) is 11.7. The molecule has 0 radical (unpaired) electrons. The first-order valence-electron chi connectivity index (χ1n) is 5.68. The van der Waals surface area contributed by atoms with Crippen LogP contribution in [-0.2, 0) is 0 Å². The van der Waals surface area contributed by atoms with Crippen LogP contribution in [0.3, 0.4) is 0 Å². The summed E-state index contributed by atoms with van der Waals surface area (Å²) in [6.45, 7) is 3.50. The molecule has 4 heteroatoms. The first-order valence-corrected chi connectivity index (χ1v) is 5.68. The maximum absolute atomic E-state index is 13.4. The van der Waals surface area contributed by atoms with Crippen LogP contribution in [0.2, 0.25) is 0 Å². The molecule has 1 N–H and O–H groups in total. The van der Waals surface area contributed by atoms with Crippen LogP contribution in [0.1, 0.15) is 34.6 Å². The van der Waals surface area contributed by atoms with Crippen molar-refractivity contribution >= 4 is 5.91 Å². The summed E-state index contributed by atoms with van der Waals surface area (Å²) in [6.07, 6.45) is 1.44. The molecule has 94 valence electrons. The van der Waals surface area contributed by atoms with Crippen molar-refractivity contribution in [3.63, 3.8) is 0 Å². The molecule has 3 nitrogen and oxygen atoms in total. The van der Waals surface area contributed by atoms with Crippen LogP contribution in [0.15, 0.2) is 41.0 Å². The van der Waals surface area contributed by atoms with E-state index in [9.17, 15) is 9.18 Å². The monoisotopic (exact) mass is 247 g/mol. The predicted molar refractivity (Wildman–Crippen MR) is 65.7 cm³/mol. The van der Waals surface area contributed by atoms with E-state index < -0.39 is 0 Å². The standard InChI is InChI=1S/C14H14FNO2/c1-9-5-6-11(8-12(9)15)10(2)16-14(17)13-4-3-7-18-13/h3-8,10H,1-2H3,(H,16,17). The highest BCUT2D eigenvalue weighted by Gasteiger charge is 2.14. The van der Waals surface area contributed by atoms with Gasteiger partial charge in [0, 0.05) is 0 Å². The Kier molecular flexibility index (Phi) is 3.46. The average Bonchev–Trinajstić information content (AvgIpc) is 2.86. The number of hydrogen-bond acceptors (Lipinski definition) is 2. The lowest BCUT2D eigenvalue weighted by Gasteiger charge is -2.14. The Morgan fingerprint density at radius 2 is 2.17 bits per heavy atom. The Morgan fingerprint density at radius 3 is 2.78 bits per heavy atom. The number of nitrogens with one attached hydrogen (secondary N) is 1. The minimum Gasteiger partial charge on any atom is -0.459 e. The van der Waals surface area contributed by atoms with E-state index in [1.54, 1.807) is 38.1 Å². The van der Waals surface area contributed by atoms with Gasteiger partial charge in [-0.1, -0.05) is 12.1 Å².